The van der Waals surface area contributed by atoms with E-state index in [1.165, 1.54) is 7.11 Å². The van der Waals surface area contributed by atoms with Crippen molar-refractivity contribution in [2.45, 2.75) is 0 Å². The Balaban J connectivity index is 2.17. The van der Waals surface area contributed by atoms with E-state index in [9.17, 15) is 9.59 Å². The van der Waals surface area contributed by atoms with E-state index in [0.717, 1.165) is 0 Å². The molecule has 2 aromatic carbocycles. The van der Waals surface area contributed by atoms with Gasteiger partial charge in [-0.05, 0) is 18.2 Å². The van der Waals surface area contributed by atoms with Gasteiger partial charge in [0.15, 0.2) is 5.76 Å². The first-order chi connectivity index (χ1) is 11.6. The summed E-state index contributed by atoms with van der Waals surface area (Å²) in [6.45, 7) is 0. The minimum Gasteiger partial charge on any atom is -0.497 e. The number of carbonyl (C=O) groups is 2. The van der Waals surface area contributed by atoms with Crippen LogP contribution in [0.2, 0.25) is 0 Å². The fourth-order valence-electron chi connectivity index (χ4n) is 2.38. The Kier molecular flexibility index (Phi) is 4.53. The van der Waals surface area contributed by atoms with Crippen molar-refractivity contribution in [1.82, 2.24) is 0 Å². The van der Waals surface area contributed by atoms with Crippen LogP contribution in [0.15, 0.2) is 52.9 Å². The predicted octanol–water partition coefficient (Wildman–Crippen LogP) is 3.85. The topological polar surface area (TPSA) is 68.5 Å². The molecule has 0 saturated heterocycles. The summed E-state index contributed by atoms with van der Waals surface area (Å²) >= 11 is 5.58. The average molecular weight is 344 g/mol. The highest BCUT2D eigenvalue weighted by molar-refractivity contribution is 6.30. The van der Waals surface area contributed by atoms with Crippen LogP contribution in [0.5, 0.6) is 5.75 Å². The van der Waals surface area contributed by atoms with E-state index in [4.69, 9.17) is 20.8 Å². The quantitative estimate of drug-likeness (QED) is 0.564. The number of methoxy groups -OCH3 is 1. The number of ether oxygens (including phenoxy) is 1. The largest absolute Gasteiger partial charge is 0.497 e. The molecule has 0 radical (unpaired) electrons. The fourth-order valence-corrected chi connectivity index (χ4v) is 2.45. The van der Waals surface area contributed by atoms with Gasteiger partial charge in [0.1, 0.15) is 17.2 Å². The molecular formula is C18H14ClNO4. The van der Waals surface area contributed by atoms with Gasteiger partial charge in [-0.2, -0.15) is 0 Å². The molecule has 122 valence electrons. The van der Waals surface area contributed by atoms with Gasteiger partial charge in [-0.15, -0.1) is 11.6 Å². The molecule has 1 heterocycles. The van der Waals surface area contributed by atoms with Crippen LogP contribution in [-0.4, -0.2) is 24.7 Å². The van der Waals surface area contributed by atoms with Crippen molar-refractivity contribution in [3.63, 3.8) is 0 Å². The molecule has 3 rings (SSSR count). The van der Waals surface area contributed by atoms with E-state index in [1.807, 2.05) is 6.07 Å². The zero-order valence-corrected chi connectivity index (χ0v) is 13.6. The summed E-state index contributed by atoms with van der Waals surface area (Å²) in [5.41, 5.74) is 1.23. The molecule has 0 fully saturated rings. The summed E-state index contributed by atoms with van der Waals surface area (Å²) < 4.78 is 10.9. The van der Waals surface area contributed by atoms with E-state index in [2.05, 4.69) is 5.32 Å². The molecule has 0 aliphatic heterocycles. The molecule has 0 unspecified atom stereocenters. The maximum atomic E-state index is 12.8. The molecule has 0 bridgehead atoms. The summed E-state index contributed by atoms with van der Waals surface area (Å²) in [6, 6.07) is 13.8. The van der Waals surface area contributed by atoms with Crippen molar-refractivity contribution in [2.24, 2.45) is 0 Å². The Labute approximate surface area is 143 Å². The Morgan fingerprint density at radius 1 is 1.17 bits per heavy atom. The molecule has 6 heteroatoms. The van der Waals surface area contributed by atoms with Crippen LogP contribution in [-0.2, 0) is 4.79 Å². The molecule has 0 spiro atoms. The third kappa shape index (κ3) is 2.98. The number of halogens is 1. The maximum Gasteiger partial charge on any atom is 0.239 e. The second kappa shape index (κ2) is 6.76. The first-order valence-electron chi connectivity index (χ1n) is 7.20. The van der Waals surface area contributed by atoms with Gasteiger partial charge in [-0.3, -0.25) is 9.59 Å². The molecule has 1 amide bonds. The van der Waals surface area contributed by atoms with Gasteiger partial charge in [0.2, 0.25) is 11.7 Å². The number of anilines is 1. The highest BCUT2D eigenvalue weighted by Gasteiger charge is 2.23. The van der Waals surface area contributed by atoms with Gasteiger partial charge in [0.25, 0.3) is 0 Å². The van der Waals surface area contributed by atoms with Crippen LogP contribution in [0.4, 0.5) is 5.69 Å². The molecule has 0 aliphatic carbocycles. The zero-order valence-electron chi connectivity index (χ0n) is 12.8. The summed E-state index contributed by atoms with van der Waals surface area (Å²) in [7, 11) is 1.54. The second-order valence-corrected chi connectivity index (χ2v) is 5.31. The van der Waals surface area contributed by atoms with Gasteiger partial charge >= 0.3 is 0 Å². The van der Waals surface area contributed by atoms with Crippen molar-refractivity contribution in [3.05, 3.63) is 59.9 Å². The zero-order chi connectivity index (χ0) is 17.1. The summed E-state index contributed by atoms with van der Waals surface area (Å²) in [5.74, 6) is -0.332. The lowest BCUT2D eigenvalue weighted by Gasteiger charge is -2.04. The Morgan fingerprint density at radius 2 is 1.92 bits per heavy atom. The number of furan rings is 1. The number of carbonyl (C=O) groups excluding carboxylic acids is 2. The molecule has 1 N–H and O–H groups in total. The number of ketones is 1. The summed E-state index contributed by atoms with van der Waals surface area (Å²) in [4.78, 5) is 24.5. The van der Waals surface area contributed by atoms with E-state index in [1.54, 1.807) is 42.5 Å². The lowest BCUT2D eigenvalue weighted by Crippen LogP contribution is -2.15. The number of benzene rings is 2. The van der Waals surface area contributed by atoms with E-state index >= 15 is 0 Å². The van der Waals surface area contributed by atoms with Crippen LogP contribution >= 0.6 is 11.6 Å². The van der Waals surface area contributed by atoms with Crippen molar-refractivity contribution in [2.75, 3.05) is 18.3 Å². The van der Waals surface area contributed by atoms with Crippen LogP contribution in [0.1, 0.15) is 16.1 Å². The molecule has 0 atom stereocenters. The number of amides is 1. The van der Waals surface area contributed by atoms with Crippen LogP contribution in [0.3, 0.4) is 0 Å². The molecule has 1 aromatic heterocycles. The standard InChI is InChI=1S/C18H14ClNO4/c1-23-12-7-8-14-13(9-12)16(20-15(21)10-19)18(24-14)17(22)11-5-3-2-4-6-11/h2-9H,10H2,1H3,(H,20,21). The number of nitrogens with one attached hydrogen (secondary N) is 1. The van der Waals surface area contributed by atoms with Crippen molar-refractivity contribution in [3.8, 4) is 5.75 Å². The Morgan fingerprint density at radius 3 is 2.58 bits per heavy atom. The van der Waals surface area contributed by atoms with Crippen molar-refractivity contribution < 1.29 is 18.7 Å². The highest BCUT2D eigenvalue weighted by Crippen LogP contribution is 2.35. The lowest BCUT2D eigenvalue weighted by atomic mass is 10.1. The molecule has 5 nitrogen and oxygen atoms in total. The predicted molar refractivity (Wildman–Crippen MR) is 92.0 cm³/mol. The van der Waals surface area contributed by atoms with Gasteiger partial charge in [-0.25, -0.2) is 0 Å². The lowest BCUT2D eigenvalue weighted by molar-refractivity contribution is -0.113. The van der Waals surface area contributed by atoms with Gasteiger partial charge < -0.3 is 14.5 Å². The number of rotatable bonds is 5. The van der Waals surface area contributed by atoms with Gasteiger partial charge in [-0.1, -0.05) is 30.3 Å². The molecule has 3 aromatic rings. The van der Waals surface area contributed by atoms with Crippen LogP contribution in [0.25, 0.3) is 11.0 Å². The number of alkyl halides is 1. The SMILES string of the molecule is COc1ccc2oc(C(=O)c3ccccc3)c(NC(=O)CCl)c2c1. The third-order valence-corrected chi connectivity index (χ3v) is 3.77. The average Bonchev–Trinajstić information content (AvgIpc) is 2.99. The third-order valence-electron chi connectivity index (χ3n) is 3.52. The summed E-state index contributed by atoms with van der Waals surface area (Å²) in [6.07, 6.45) is 0. The minimum atomic E-state index is -0.427. The van der Waals surface area contributed by atoms with Gasteiger partial charge in [0.05, 0.1) is 12.8 Å². The van der Waals surface area contributed by atoms with Crippen molar-refractivity contribution >= 4 is 39.9 Å². The Bertz CT molecular complexity index is 902. The van der Waals surface area contributed by atoms with Crippen LogP contribution < -0.4 is 10.1 Å². The molecule has 24 heavy (non-hydrogen) atoms. The Hall–Kier alpha value is -2.79. The second-order valence-electron chi connectivity index (χ2n) is 5.05. The molecule has 0 aliphatic rings. The maximum absolute atomic E-state index is 12.8. The minimum absolute atomic E-state index is 0.0583. The first-order valence-corrected chi connectivity index (χ1v) is 7.73. The molecular weight excluding hydrogens is 330 g/mol. The smallest absolute Gasteiger partial charge is 0.239 e. The van der Waals surface area contributed by atoms with Crippen LogP contribution in [0, 0.1) is 0 Å². The summed E-state index contributed by atoms with van der Waals surface area (Å²) in [5, 5.41) is 3.22. The first kappa shape index (κ1) is 16.1. The highest BCUT2D eigenvalue weighted by atomic mass is 35.5. The number of fused-ring (bicyclic) bond motifs is 1. The number of hydrogen-bond acceptors (Lipinski definition) is 4. The molecule has 0 saturated carbocycles. The normalized spacial score (nSPS) is 10.6. The monoisotopic (exact) mass is 343 g/mol. The van der Waals surface area contributed by atoms with E-state index < -0.39 is 5.91 Å². The van der Waals surface area contributed by atoms with E-state index in [0.29, 0.717) is 28.0 Å². The fraction of sp³-hybridized carbons (Fsp3) is 0.111. The van der Waals surface area contributed by atoms with Gasteiger partial charge in [0, 0.05) is 10.9 Å². The number of hydrogen-bond donors (Lipinski definition) is 1. The van der Waals surface area contributed by atoms with E-state index in [-0.39, 0.29) is 17.4 Å². The van der Waals surface area contributed by atoms with Crippen molar-refractivity contribution in [1.29, 1.82) is 0 Å².